The Balaban J connectivity index is 2.27. The summed E-state index contributed by atoms with van der Waals surface area (Å²) in [6.07, 6.45) is 1.43. The maximum atomic E-state index is 11.0. The second-order valence-electron chi connectivity index (χ2n) is 4.32. The summed E-state index contributed by atoms with van der Waals surface area (Å²) in [5, 5.41) is 11.3. The lowest BCUT2D eigenvalue weighted by molar-refractivity contribution is -0.461. The second kappa shape index (κ2) is 4.84. The molecule has 0 spiro atoms. The first-order valence-electron chi connectivity index (χ1n) is 5.76. The summed E-state index contributed by atoms with van der Waals surface area (Å²) in [4.78, 5) is 10.5. The Morgan fingerprint density at radius 1 is 1.50 bits per heavy atom. The van der Waals surface area contributed by atoms with Crippen molar-refractivity contribution in [1.82, 2.24) is 0 Å². The monoisotopic (exact) mass is 271 g/mol. The molecule has 0 atom stereocenters. The highest BCUT2D eigenvalue weighted by molar-refractivity contribution is 6.30. The predicted octanol–water partition coefficient (Wildman–Crippen LogP) is 3.59. The third kappa shape index (κ3) is 2.34. The lowest BCUT2D eigenvalue weighted by Crippen LogP contribution is -2.49. The first-order chi connectivity index (χ1) is 8.46. The molecule has 0 bridgehead atoms. The van der Waals surface area contributed by atoms with Crippen molar-refractivity contribution in [1.29, 1.82) is 0 Å². The van der Waals surface area contributed by atoms with E-state index in [9.17, 15) is 10.1 Å². The zero-order chi connectivity index (χ0) is 13.3. The normalized spacial score (nSPS) is 26.7. The minimum atomic E-state index is -1.05. The van der Waals surface area contributed by atoms with Crippen LogP contribution in [0.25, 0.3) is 0 Å². The van der Waals surface area contributed by atoms with Gasteiger partial charge in [-0.3, -0.25) is 10.1 Å². The smallest absolute Gasteiger partial charge is 0.279 e. The highest BCUT2D eigenvalue weighted by Crippen LogP contribution is 2.44. The summed E-state index contributed by atoms with van der Waals surface area (Å²) >= 11 is 5.76. The van der Waals surface area contributed by atoms with Crippen LogP contribution in [0.3, 0.4) is 0 Å². The molecule has 0 amide bonds. The number of halogens is 1. The summed E-state index contributed by atoms with van der Waals surface area (Å²) in [5.41, 5.74) is 0.309. The van der Waals surface area contributed by atoms with Crippen LogP contribution in [0, 0.1) is 10.1 Å². The van der Waals surface area contributed by atoms with E-state index in [0.717, 1.165) is 12.8 Å². The fourth-order valence-electron chi connectivity index (χ4n) is 2.03. The van der Waals surface area contributed by atoms with Crippen LogP contribution in [0.1, 0.15) is 32.3 Å². The molecule has 0 saturated carbocycles. The van der Waals surface area contributed by atoms with Gasteiger partial charge in [-0.1, -0.05) is 24.9 Å². The van der Waals surface area contributed by atoms with Crippen LogP contribution >= 0.6 is 11.6 Å². The van der Waals surface area contributed by atoms with Gasteiger partial charge in [-0.2, -0.15) is 0 Å². The third-order valence-electron chi connectivity index (χ3n) is 2.88. The van der Waals surface area contributed by atoms with Gasteiger partial charge in [-0.15, -0.1) is 0 Å². The van der Waals surface area contributed by atoms with Crippen molar-refractivity contribution >= 4 is 17.3 Å². The standard InChI is InChI=1S/C12H14ClNO4/c1-3-4-11-17-12(2,18-11)9-6-5-8(13)7-10(9)14(15)16/h5-7,11H,3-4H2,1-2H3. The zero-order valence-electron chi connectivity index (χ0n) is 10.2. The van der Waals surface area contributed by atoms with E-state index in [4.69, 9.17) is 21.1 Å². The lowest BCUT2D eigenvalue weighted by Gasteiger charge is -2.45. The molecule has 1 heterocycles. The molecule has 0 unspecified atom stereocenters. The average molecular weight is 272 g/mol. The third-order valence-corrected chi connectivity index (χ3v) is 3.12. The Bertz CT molecular complexity index is 471. The van der Waals surface area contributed by atoms with Gasteiger partial charge in [0.2, 0.25) is 5.79 Å². The number of benzene rings is 1. The van der Waals surface area contributed by atoms with E-state index in [-0.39, 0.29) is 12.0 Å². The molecule has 1 fully saturated rings. The molecule has 1 aliphatic rings. The molecule has 1 aromatic carbocycles. The number of hydrogen-bond acceptors (Lipinski definition) is 4. The number of hydrogen-bond donors (Lipinski definition) is 0. The molecule has 18 heavy (non-hydrogen) atoms. The number of nitro benzene ring substituents is 1. The van der Waals surface area contributed by atoms with Crippen molar-refractivity contribution in [3.8, 4) is 0 Å². The second-order valence-corrected chi connectivity index (χ2v) is 4.75. The van der Waals surface area contributed by atoms with Gasteiger partial charge in [0.25, 0.3) is 5.69 Å². The van der Waals surface area contributed by atoms with Crippen molar-refractivity contribution in [2.75, 3.05) is 0 Å². The fourth-order valence-corrected chi connectivity index (χ4v) is 2.20. The average Bonchev–Trinajstić information content (AvgIpc) is 2.26. The maximum absolute atomic E-state index is 11.0. The SMILES string of the molecule is CCCC1OC(C)(c2ccc(Cl)cc2[N+](=O)[O-])O1. The largest absolute Gasteiger partial charge is 0.317 e. The summed E-state index contributed by atoms with van der Waals surface area (Å²) in [6.45, 7) is 3.70. The number of nitrogens with zero attached hydrogens (tertiary/aromatic N) is 1. The van der Waals surface area contributed by atoms with Gasteiger partial charge in [-0.25, -0.2) is 0 Å². The molecule has 6 heteroatoms. The summed E-state index contributed by atoms with van der Waals surface area (Å²) in [6, 6.07) is 4.47. The topological polar surface area (TPSA) is 61.6 Å². The fraction of sp³-hybridized carbons (Fsp3) is 0.500. The summed E-state index contributed by atoms with van der Waals surface area (Å²) in [7, 11) is 0. The first-order valence-corrected chi connectivity index (χ1v) is 6.14. The molecule has 0 aliphatic carbocycles. The van der Waals surface area contributed by atoms with Crippen LogP contribution < -0.4 is 0 Å². The minimum absolute atomic E-state index is 0.0834. The Labute approximate surface area is 110 Å². The zero-order valence-corrected chi connectivity index (χ0v) is 10.9. The Morgan fingerprint density at radius 3 is 2.72 bits per heavy atom. The molecule has 1 aliphatic heterocycles. The van der Waals surface area contributed by atoms with Crippen molar-refractivity contribution in [2.24, 2.45) is 0 Å². The first kappa shape index (κ1) is 13.3. The molecule has 2 rings (SSSR count). The van der Waals surface area contributed by atoms with Gasteiger partial charge in [0, 0.05) is 11.1 Å². The molecule has 98 valence electrons. The summed E-state index contributed by atoms with van der Waals surface area (Å²) < 4.78 is 11.2. The Morgan fingerprint density at radius 2 is 2.17 bits per heavy atom. The molecular weight excluding hydrogens is 258 g/mol. The van der Waals surface area contributed by atoms with Gasteiger partial charge in [-0.05, 0) is 25.5 Å². The lowest BCUT2D eigenvalue weighted by atomic mass is 10.0. The van der Waals surface area contributed by atoms with Gasteiger partial charge in [0.05, 0.1) is 10.5 Å². The van der Waals surface area contributed by atoms with Gasteiger partial charge < -0.3 is 9.47 Å². The predicted molar refractivity (Wildman–Crippen MR) is 66.3 cm³/mol. The molecule has 1 saturated heterocycles. The van der Waals surface area contributed by atoms with Crippen molar-refractivity contribution < 1.29 is 14.4 Å². The maximum Gasteiger partial charge on any atom is 0.279 e. The number of rotatable bonds is 4. The number of nitro groups is 1. The Kier molecular flexibility index (Phi) is 3.56. The van der Waals surface area contributed by atoms with Crippen LogP contribution in [0.5, 0.6) is 0 Å². The van der Waals surface area contributed by atoms with E-state index in [2.05, 4.69) is 0 Å². The highest BCUT2D eigenvalue weighted by Gasteiger charge is 2.47. The van der Waals surface area contributed by atoms with E-state index in [0.29, 0.717) is 10.6 Å². The van der Waals surface area contributed by atoms with Gasteiger partial charge in [0.15, 0.2) is 6.29 Å². The molecule has 0 radical (unpaired) electrons. The van der Waals surface area contributed by atoms with Gasteiger partial charge in [0.1, 0.15) is 0 Å². The van der Waals surface area contributed by atoms with Crippen molar-refractivity contribution in [3.63, 3.8) is 0 Å². The minimum Gasteiger partial charge on any atom is -0.317 e. The van der Waals surface area contributed by atoms with E-state index in [1.54, 1.807) is 19.1 Å². The van der Waals surface area contributed by atoms with E-state index in [1.165, 1.54) is 6.07 Å². The summed E-state index contributed by atoms with van der Waals surface area (Å²) in [5.74, 6) is -1.05. The van der Waals surface area contributed by atoms with E-state index in [1.807, 2.05) is 6.92 Å². The molecule has 5 nitrogen and oxygen atoms in total. The quantitative estimate of drug-likeness (QED) is 0.620. The van der Waals surface area contributed by atoms with E-state index < -0.39 is 10.7 Å². The van der Waals surface area contributed by atoms with Crippen LogP contribution in [0.4, 0.5) is 5.69 Å². The van der Waals surface area contributed by atoms with Crippen LogP contribution in [0.2, 0.25) is 5.02 Å². The molecule has 0 aromatic heterocycles. The molecular formula is C12H14ClNO4. The van der Waals surface area contributed by atoms with Crippen LogP contribution in [-0.2, 0) is 15.3 Å². The Hall–Kier alpha value is -1.17. The van der Waals surface area contributed by atoms with E-state index >= 15 is 0 Å². The molecule has 0 N–H and O–H groups in total. The van der Waals surface area contributed by atoms with Crippen LogP contribution in [-0.4, -0.2) is 11.2 Å². The molecule has 1 aromatic rings. The van der Waals surface area contributed by atoms with Crippen molar-refractivity contribution in [3.05, 3.63) is 38.9 Å². The van der Waals surface area contributed by atoms with Gasteiger partial charge >= 0.3 is 0 Å². The highest BCUT2D eigenvalue weighted by atomic mass is 35.5. The van der Waals surface area contributed by atoms with Crippen molar-refractivity contribution in [2.45, 2.75) is 38.8 Å². The number of ether oxygens (including phenoxy) is 2. The van der Waals surface area contributed by atoms with Crippen LogP contribution in [0.15, 0.2) is 18.2 Å².